The van der Waals surface area contributed by atoms with Gasteiger partial charge in [0.05, 0.1) is 11.7 Å². The van der Waals surface area contributed by atoms with Crippen molar-refractivity contribution < 1.29 is 4.79 Å². The van der Waals surface area contributed by atoms with Crippen LogP contribution in [0.4, 0.5) is 10.5 Å². The van der Waals surface area contributed by atoms with E-state index in [1.165, 1.54) is 5.56 Å². The largest absolute Gasteiger partial charge is 0.330 e. The average molecular weight is 283 g/mol. The molecule has 0 fully saturated rings. The van der Waals surface area contributed by atoms with Gasteiger partial charge in [-0.05, 0) is 42.7 Å². The van der Waals surface area contributed by atoms with E-state index in [0.717, 1.165) is 11.4 Å². The molecule has 1 aromatic carbocycles. The average Bonchev–Trinajstić information content (AvgIpc) is 2.48. The van der Waals surface area contributed by atoms with Crippen LogP contribution in [0.25, 0.3) is 0 Å². The molecule has 0 saturated carbocycles. The van der Waals surface area contributed by atoms with Gasteiger partial charge >= 0.3 is 6.03 Å². The van der Waals surface area contributed by atoms with Crippen molar-refractivity contribution in [3.8, 4) is 0 Å². The number of hydrogen-bond acceptors (Lipinski definition) is 2. The maximum atomic E-state index is 12.0. The van der Waals surface area contributed by atoms with Gasteiger partial charge in [0.15, 0.2) is 0 Å². The molecule has 0 aliphatic rings. The Morgan fingerprint density at radius 2 is 1.76 bits per heavy atom. The molecule has 2 N–H and O–H groups in total. The van der Waals surface area contributed by atoms with Crippen LogP contribution in [0.1, 0.15) is 44.0 Å². The summed E-state index contributed by atoms with van der Waals surface area (Å²) in [6.07, 6.45) is 1.72. The zero-order valence-corrected chi connectivity index (χ0v) is 12.6. The third-order valence-corrected chi connectivity index (χ3v) is 3.31. The summed E-state index contributed by atoms with van der Waals surface area (Å²) in [5.41, 5.74) is 2.87. The van der Waals surface area contributed by atoms with Crippen LogP contribution < -0.4 is 10.6 Å². The molecule has 110 valence electrons. The summed E-state index contributed by atoms with van der Waals surface area (Å²) in [7, 11) is 0. The van der Waals surface area contributed by atoms with Crippen LogP contribution in [0.2, 0.25) is 0 Å². The number of rotatable bonds is 4. The maximum absolute atomic E-state index is 12.0. The zero-order chi connectivity index (χ0) is 15.2. The summed E-state index contributed by atoms with van der Waals surface area (Å²) in [4.78, 5) is 16.2. The van der Waals surface area contributed by atoms with E-state index in [9.17, 15) is 4.79 Å². The highest BCUT2D eigenvalue weighted by molar-refractivity contribution is 5.89. The minimum absolute atomic E-state index is 0.138. The van der Waals surface area contributed by atoms with Gasteiger partial charge in [-0.1, -0.05) is 32.0 Å². The zero-order valence-electron chi connectivity index (χ0n) is 12.6. The van der Waals surface area contributed by atoms with Gasteiger partial charge in [0.25, 0.3) is 0 Å². The molecule has 1 aromatic heterocycles. The van der Waals surface area contributed by atoms with Crippen molar-refractivity contribution in [3.05, 3.63) is 59.9 Å². The Hall–Kier alpha value is -2.36. The van der Waals surface area contributed by atoms with Crippen molar-refractivity contribution in [1.29, 1.82) is 0 Å². The highest BCUT2D eigenvalue weighted by Gasteiger charge is 2.10. The van der Waals surface area contributed by atoms with Gasteiger partial charge in [0, 0.05) is 11.9 Å². The van der Waals surface area contributed by atoms with Gasteiger partial charge in [-0.2, -0.15) is 0 Å². The van der Waals surface area contributed by atoms with E-state index in [-0.39, 0.29) is 12.1 Å². The van der Waals surface area contributed by atoms with Crippen LogP contribution in [0.5, 0.6) is 0 Å². The van der Waals surface area contributed by atoms with E-state index >= 15 is 0 Å². The van der Waals surface area contributed by atoms with Crippen molar-refractivity contribution >= 4 is 11.7 Å². The SMILES string of the molecule is CC(C)c1ccc(NC(=O)NC(C)c2ccccn2)cc1. The maximum Gasteiger partial charge on any atom is 0.319 e. The number of benzene rings is 1. The number of nitrogens with zero attached hydrogens (tertiary/aromatic N) is 1. The van der Waals surface area contributed by atoms with Crippen LogP contribution in [-0.4, -0.2) is 11.0 Å². The monoisotopic (exact) mass is 283 g/mol. The van der Waals surface area contributed by atoms with Crippen LogP contribution in [0.15, 0.2) is 48.7 Å². The number of nitrogens with one attached hydrogen (secondary N) is 2. The van der Waals surface area contributed by atoms with E-state index < -0.39 is 0 Å². The van der Waals surface area contributed by atoms with Crippen LogP contribution in [0, 0.1) is 0 Å². The molecular formula is C17H21N3O. The lowest BCUT2D eigenvalue weighted by Crippen LogP contribution is -2.31. The topological polar surface area (TPSA) is 54.0 Å². The Morgan fingerprint density at radius 1 is 1.05 bits per heavy atom. The molecule has 4 nitrogen and oxygen atoms in total. The molecule has 4 heteroatoms. The molecule has 1 unspecified atom stereocenters. The van der Waals surface area contributed by atoms with E-state index in [0.29, 0.717) is 5.92 Å². The van der Waals surface area contributed by atoms with Gasteiger partial charge in [0.2, 0.25) is 0 Å². The Balaban J connectivity index is 1.92. The molecule has 21 heavy (non-hydrogen) atoms. The first-order chi connectivity index (χ1) is 10.1. The smallest absolute Gasteiger partial charge is 0.319 e. The molecule has 2 amide bonds. The molecule has 0 radical (unpaired) electrons. The van der Waals surface area contributed by atoms with Gasteiger partial charge in [-0.15, -0.1) is 0 Å². The highest BCUT2D eigenvalue weighted by Crippen LogP contribution is 2.17. The lowest BCUT2D eigenvalue weighted by Gasteiger charge is -2.14. The molecule has 0 saturated heterocycles. The second-order valence-corrected chi connectivity index (χ2v) is 5.35. The first kappa shape index (κ1) is 15.0. The van der Waals surface area contributed by atoms with E-state index in [4.69, 9.17) is 0 Å². The minimum Gasteiger partial charge on any atom is -0.330 e. The second-order valence-electron chi connectivity index (χ2n) is 5.35. The van der Waals surface area contributed by atoms with E-state index in [1.54, 1.807) is 6.20 Å². The number of pyridine rings is 1. The molecule has 1 heterocycles. The van der Waals surface area contributed by atoms with Crippen molar-refractivity contribution in [2.24, 2.45) is 0 Å². The lowest BCUT2D eigenvalue weighted by atomic mass is 10.0. The summed E-state index contributed by atoms with van der Waals surface area (Å²) >= 11 is 0. The highest BCUT2D eigenvalue weighted by atomic mass is 16.2. The number of carbonyl (C=O) groups is 1. The molecule has 0 aliphatic carbocycles. The number of amides is 2. The standard InChI is InChI=1S/C17H21N3O/c1-12(2)14-7-9-15(10-8-14)20-17(21)19-13(3)16-6-4-5-11-18-16/h4-13H,1-3H3,(H2,19,20,21). The third kappa shape index (κ3) is 4.31. The molecular weight excluding hydrogens is 262 g/mol. The molecule has 0 bridgehead atoms. The summed E-state index contributed by atoms with van der Waals surface area (Å²) in [5.74, 6) is 0.483. The number of carbonyl (C=O) groups excluding carboxylic acids is 1. The quantitative estimate of drug-likeness (QED) is 0.888. The Bertz CT molecular complexity index is 579. The fraction of sp³-hybridized carbons (Fsp3) is 0.294. The summed E-state index contributed by atoms with van der Waals surface area (Å²) < 4.78 is 0. The van der Waals surface area contributed by atoms with E-state index in [2.05, 4.69) is 29.5 Å². The predicted molar refractivity (Wildman–Crippen MR) is 85.3 cm³/mol. The Kier molecular flexibility index (Phi) is 4.93. The van der Waals surface area contributed by atoms with Gasteiger partial charge in [0.1, 0.15) is 0 Å². The minimum atomic E-state index is -0.231. The second kappa shape index (κ2) is 6.88. The summed E-state index contributed by atoms with van der Waals surface area (Å²) in [5, 5.41) is 5.70. The third-order valence-electron chi connectivity index (χ3n) is 3.31. The number of hydrogen-bond donors (Lipinski definition) is 2. The van der Waals surface area contributed by atoms with Crippen LogP contribution in [0.3, 0.4) is 0 Å². The lowest BCUT2D eigenvalue weighted by molar-refractivity contribution is 0.249. The summed E-state index contributed by atoms with van der Waals surface area (Å²) in [6, 6.07) is 13.2. The number of aromatic nitrogens is 1. The van der Waals surface area contributed by atoms with Crippen molar-refractivity contribution in [3.63, 3.8) is 0 Å². The number of urea groups is 1. The first-order valence-electron chi connectivity index (χ1n) is 7.14. The van der Waals surface area contributed by atoms with Crippen molar-refractivity contribution in [2.45, 2.75) is 32.7 Å². The predicted octanol–water partition coefficient (Wildman–Crippen LogP) is 4.09. The first-order valence-corrected chi connectivity index (χ1v) is 7.14. The van der Waals surface area contributed by atoms with Gasteiger partial charge in [-0.25, -0.2) is 4.79 Å². The van der Waals surface area contributed by atoms with Gasteiger partial charge in [-0.3, -0.25) is 4.98 Å². The molecule has 0 aliphatic heterocycles. The van der Waals surface area contributed by atoms with Crippen molar-refractivity contribution in [1.82, 2.24) is 10.3 Å². The van der Waals surface area contributed by atoms with Gasteiger partial charge < -0.3 is 10.6 Å². The summed E-state index contributed by atoms with van der Waals surface area (Å²) in [6.45, 7) is 6.19. The van der Waals surface area contributed by atoms with Crippen LogP contribution in [-0.2, 0) is 0 Å². The van der Waals surface area contributed by atoms with E-state index in [1.807, 2.05) is 49.4 Å². The molecule has 1 atom stereocenters. The van der Waals surface area contributed by atoms with Crippen LogP contribution >= 0.6 is 0 Å². The fourth-order valence-corrected chi connectivity index (χ4v) is 2.02. The molecule has 2 rings (SSSR count). The Labute approximate surface area is 125 Å². The Morgan fingerprint density at radius 3 is 2.33 bits per heavy atom. The molecule has 2 aromatic rings. The fourth-order valence-electron chi connectivity index (χ4n) is 2.02. The number of anilines is 1. The molecule has 0 spiro atoms. The van der Waals surface area contributed by atoms with Crippen molar-refractivity contribution in [2.75, 3.05) is 5.32 Å². The normalized spacial score (nSPS) is 12.0.